The van der Waals surface area contributed by atoms with Crippen LogP contribution in [0.15, 0.2) is 18.2 Å². The van der Waals surface area contributed by atoms with E-state index in [9.17, 15) is 17.6 Å². The highest BCUT2D eigenvalue weighted by molar-refractivity contribution is 7.88. The first-order chi connectivity index (χ1) is 12.4. The van der Waals surface area contributed by atoms with E-state index in [1.54, 1.807) is 20.8 Å². The van der Waals surface area contributed by atoms with E-state index in [1.165, 1.54) is 34.5 Å². The van der Waals surface area contributed by atoms with Crippen LogP contribution in [0, 0.1) is 5.82 Å². The van der Waals surface area contributed by atoms with E-state index in [0.717, 1.165) is 0 Å². The van der Waals surface area contributed by atoms with E-state index in [2.05, 4.69) is 0 Å². The Bertz CT molecular complexity index is 775. The van der Waals surface area contributed by atoms with Crippen LogP contribution in [0.5, 0.6) is 0 Å². The molecule has 0 spiro atoms. The topological polar surface area (TPSA) is 66.9 Å². The summed E-state index contributed by atoms with van der Waals surface area (Å²) in [6, 6.07) is 3.67. The molecule has 0 unspecified atom stereocenters. The van der Waals surface area contributed by atoms with Crippen molar-refractivity contribution in [3.05, 3.63) is 34.6 Å². The standard InChI is InChI=1S/C18H26ClFN2O4S/c1-18(2,3)26-17(23)22-10-6-7-13(11-22)21(4)27(24,25)12-14-15(19)8-5-9-16(14)20/h5,8-9,13H,6-7,10-12H2,1-4H3/t13-/m0/s1. The van der Waals surface area contributed by atoms with Gasteiger partial charge in [-0.15, -0.1) is 0 Å². The molecule has 1 aromatic rings. The number of likely N-dealkylation sites (tertiary alicyclic amines) is 1. The fourth-order valence-corrected chi connectivity index (χ4v) is 4.72. The fraction of sp³-hybridized carbons (Fsp3) is 0.611. The van der Waals surface area contributed by atoms with Crippen molar-refractivity contribution in [3.63, 3.8) is 0 Å². The summed E-state index contributed by atoms with van der Waals surface area (Å²) in [4.78, 5) is 13.8. The van der Waals surface area contributed by atoms with E-state index in [0.29, 0.717) is 19.4 Å². The first-order valence-electron chi connectivity index (χ1n) is 8.77. The van der Waals surface area contributed by atoms with Crippen LogP contribution >= 0.6 is 11.6 Å². The summed E-state index contributed by atoms with van der Waals surface area (Å²) in [6.07, 6.45) is 0.805. The number of sulfonamides is 1. The zero-order chi connectivity index (χ0) is 20.4. The number of halogens is 2. The SMILES string of the molecule is CN([C@H]1CCCN(C(=O)OC(C)(C)C)C1)S(=O)(=O)Cc1c(F)cccc1Cl. The molecular formula is C18H26ClFN2O4S. The predicted molar refractivity (Wildman–Crippen MR) is 103 cm³/mol. The lowest BCUT2D eigenvalue weighted by Crippen LogP contribution is -2.51. The van der Waals surface area contributed by atoms with Crippen molar-refractivity contribution in [3.8, 4) is 0 Å². The van der Waals surface area contributed by atoms with Crippen LogP contribution in [0.4, 0.5) is 9.18 Å². The molecule has 1 fully saturated rings. The van der Waals surface area contributed by atoms with Gasteiger partial charge in [-0.3, -0.25) is 0 Å². The molecule has 152 valence electrons. The predicted octanol–water partition coefficient (Wildman–Crippen LogP) is 3.64. The number of ether oxygens (including phenoxy) is 1. The maximum Gasteiger partial charge on any atom is 0.410 e. The second-order valence-corrected chi connectivity index (χ2v) is 10.1. The van der Waals surface area contributed by atoms with E-state index >= 15 is 0 Å². The minimum Gasteiger partial charge on any atom is -0.444 e. The number of carbonyl (C=O) groups is 1. The van der Waals surface area contributed by atoms with E-state index < -0.39 is 39.3 Å². The molecule has 1 heterocycles. The third-order valence-corrected chi connectivity index (χ3v) is 6.57. The second-order valence-electron chi connectivity index (χ2n) is 7.70. The molecule has 0 bridgehead atoms. The van der Waals surface area contributed by atoms with E-state index in [1.807, 2.05) is 0 Å². The fourth-order valence-electron chi connectivity index (χ4n) is 2.93. The van der Waals surface area contributed by atoms with Crippen molar-refractivity contribution in [2.45, 2.75) is 51.0 Å². The summed E-state index contributed by atoms with van der Waals surface area (Å²) in [5.74, 6) is -1.18. The molecule has 1 saturated heterocycles. The van der Waals surface area contributed by atoms with Gasteiger partial charge in [0.1, 0.15) is 11.4 Å². The number of piperidine rings is 1. The molecular weight excluding hydrogens is 395 g/mol. The highest BCUT2D eigenvalue weighted by Gasteiger charge is 2.34. The molecule has 0 N–H and O–H groups in total. The van der Waals surface area contributed by atoms with Crippen LogP contribution in [-0.2, 0) is 20.5 Å². The molecule has 1 aliphatic heterocycles. The highest BCUT2D eigenvalue weighted by Crippen LogP contribution is 2.25. The summed E-state index contributed by atoms with van der Waals surface area (Å²) in [6.45, 7) is 6.08. The molecule has 9 heteroatoms. The van der Waals surface area contributed by atoms with Crippen LogP contribution in [0.1, 0.15) is 39.2 Å². The number of likely N-dealkylation sites (N-methyl/N-ethyl adjacent to an activating group) is 1. The van der Waals surface area contributed by atoms with Gasteiger partial charge in [0.2, 0.25) is 10.0 Å². The Morgan fingerprint density at radius 1 is 1.41 bits per heavy atom. The molecule has 1 aliphatic rings. The molecule has 1 aromatic carbocycles. The summed E-state index contributed by atoms with van der Waals surface area (Å²) in [5, 5.41) is 0.0750. The summed E-state index contributed by atoms with van der Waals surface area (Å²) in [5.41, 5.74) is -0.672. The highest BCUT2D eigenvalue weighted by atomic mass is 35.5. The van der Waals surface area contributed by atoms with Crippen LogP contribution in [0.3, 0.4) is 0 Å². The normalized spacial score (nSPS) is 18.6. The number of carbonyl (C=O) groups excluding carboxylic acids is 1. The maximum atomic E-state index is 14.0. The number of amides is 1. The summed E-state index contributed by atoms with van der Waals surface area (Å²) < 4.78 is 46.1. The van der Waals surface area contributed by atoms with Gasteiger partial charge in [0, 0.05) is 36.8 Å². The van der Waals surface area contributed by atoms with Gasteiger partial charge >= 0.3 is 6.09 Å². The molecule has 0 radical (unpaired) electrons. The molecule has 1 atom stereocenters. The molecule has 0 aromatic heterocycles. The minimum atomic E-state index is -3.81. The second kappa shape index (κ2) is 8.32. The third-order valence-electron chi connectivity index (χ3n) is 4.39. The largest absolute Gasteiger partial charge is 0.444 e. The summed E-state index contributed by atoms with van der Waals surface area (Å²) >= 11 is 5.96. The van der Waals surface area contributed by atoms with Crippen LogP contribution in [-0.4, -0.2) is 55.5 Å². The van der Waals surface area contributed by atoms with Crippen LogP contribution in [0.25, 0.3) is 0 Å². The molecule has 6 nitrogen and oxygen atoms in total. The number of hydrogen-bond donors (Lipinski definition) is 0. The lowest BCUT2D eigenvalue weighted by molar-refractivity contribution is 0.0163. The minimum absolute atomic E-state index is 0.0502. The number of hydrogen-bond acceptors (Lipinski definition) is 4. The number of nitrogens with zero attached hydrogens (tertiary/aromatic N) is 2. The number of benzene rings is 1. The molecule has 1 amide bonds. The maximum absolute atomic E-state index is 14.0. The average molecular weight is 421 g/mol. The van der Waals surface area contributed by atoms with Gasteiger partial charge in [0.05, 0.1) is 5.75 Å². The number of rotatable bonds is 4. The molecule has 0 saturated carbocycles. The van der Waals surface area contributed by atoms with E-state index in [-0.39, 0.29) is 17.1 Å². The van der Waals surface area contributed by atoms with Crippen molar-refractivity contribution in [2.24, 2.45) is 0 Å². The smallest absolute Gasteiger partial charge is 0.410 e. The summed E-state index contributed by atoms with van der Waals surface area (Å²) in [7, 11) is -2.36. The van der Waals surface area contributed by atoms with E-state index in [4.69, 9.17) is 16.3 Å². The molecule has 27 heavy (non-hydrogen) atoms. The Kier molecular flexibility index (Phi) is 6.76. The molecule has 2 rings (SSSR count). The van der Waals surface area contributed by atoms with Crippen molar-refractivity contribution in [1.29, 1.82) is 0 Å². The van der Waals surface area contributed by atoms with Gasteiger partial charge in [-0.1, -0.05) is 17.7 Å². The van der Waals surface area contributed by atoms with Crippen molar-refractivity contribution in [1.82, 2.24) is 9.21 Å². The van der Waals surface area contributed by atoms with Gasteiger partial charge in [0.15, 0.2) is 0 Å². The first-order valence-corrected chi connectivity index (χ1v) is 10.8. The lowest BCUT2D eigenvalue weighted by atomic mass is 10.1. The van der Waals surface area contributed by atoms with Gasteiger partial charge in [-0.05, 0) is 45.7 Å². The van der Waals surface area contributed by atoms with Gasteiger partial charge < -0.3 is 9.64 Å². The van der Waals surface area contributed by atoms with Crippen molar-refractivity contribution in [2.75, 3.05) is 20.1 Å². The first kappa shape index (κ1) is 21.9. The monoisotopic (exact) mass is 420 g/mol. The van der Waals surface area contributed by atoms with Crippen molar-refractivity contribution >= 4 is 27.7 Å². The van der Waals surface area contributed by atoms with Crippen LogP contribution < -0.4 is 0 Å². The Hall–Kier alpha value is -1.38. The quantitative estimate of drug-likeness (QED) is 0.745. The Balaban J connectivity index is 2.11. The Labute approximate surface area is 165 Å². The lowest BCUT2D eigenvalue weighted by Gasteiger charge is -2.37. The third kappa shape index (κ3) is 5.80. The average Bonchev–Trinajstić information content (AvgIpc) is 2.56. The van der Waals surface area contributed by atoms with Crippen LogP contribution in [0.2, 0.25) is 5.02 Å². The van der Waals surface area contributed by atoms with Gasteiger partial charge in [-0.25, -0.2) is 17.6 Å². The zero-order valence-electron chi connectivity index (χ0n) is 16.0. The molecule has 0 aliphatic carbocycles. The zero-order valence-corrected chi connectivity index (χ0v) is 17.6. The van der Waals surface area contributed by atoms with Gasteiger partial charge in [0.25, 0.3) is 0 Å². The van der Waals surface area contributed by atoms with Crippen molar-refractivity contribution < 1.29 is 22.3 Å². The Morgan fingerprint density at radius 2 is 2.07 bits per heavy atom. The van der Waals surface area contributed by atoms with Gasteiger partial charge in [-0.2, -0.15) is 4.31 Å². The Morgan fingerprint density at radius 3 is 2.67 bits per heavy atom.